The average Bonchev–Trinajstić information content (AvgIpc) is 2.59. The van der Waals surface area contributed by atoms with Crippen LogP contribution in [0, 0.1) is 5.92 Å². The van der Waals surface area contributed by atoms with Gasteiger partial charge in [0.15, 0.2) is 0 Å². The van der Waals surface area contributed by atoms with Crippen LogP contribution in [0.5, 0.6) is 0 Å². The molecule has 1 aromatic rings. The number of anilines is 1. The summed E-state index contributed by atoms with van der Waals surface area (Å²) in [6.07, 6.45) is 1.21. The monoisotopic (exact) mass is 275 g/mol. The maximum absolute atomic E-state index is 3.71. The van der Waals surface area contributed by atoms with Crippen LogP contribution in [0.25, 0.3) is 0 Å². The molecule has 1 aromatic carbocycles. The van der Waals surface area contributed by atoms with Crippen LogP contribution < -0.4 is 10.2 Å². The minimum absolute atomic E-state index is 0.571. The van der Waals surface area contributed by atoms with Gasteiger partial charge in [-0.05, 0) is 44.6 Å². The number of rotatable bonds is 5. The molecule has 0 amide bonds. The van der Waals surface area contributed by atoms with Gasteiger partial charge in [-0.25, -0.2) is 0 Å². The summed E-state index contributed by atoms with van der Waals surface area (Å²) >= 11 is 0. The summed E-state index contributed by atoms with van der Waals surface area (Å²) in [5.74, 6) is 0.667. The third-order valence-corrected chi connectivity index (χ3v) is 4.14. The molecule has 1 atom stereocenters. The highest BCUT2D eigenvalue weighted by Crippen LogP contribution is 2.25. The van der Waals surface area contributed by atoms with E-state index in [1.54, 1.807) is 0 Å². The van der Waals surface area contributed by atoms with Crippen molar-refractivity contribution in [1.82, 2.24) is 10.2 Å². The van der Waals surface area contributed by atoms with Crippen molar-refractivity contribution in [2.24, 2.45) is 5.92 Å². The molecule has 3 nitrogen and oxygen atoms in total. The van der Waals surface area contributed by atoms with Gasteiger partial charge in [-0.3, -0.25) is 0 Å². The highest BCUT2D eigenvalue weighted by Gasteiger charge is 2.22. The molecule has 1 heterocycles. The predicted octanol–water partition coefficient (Wildman–Crippen LogP) is 2.57. The van der Waals surface area contributed by atoms with Crippen molar-refractivity contribution < 1.29 is 0 Å². The molecule has 0 spiro atoms. The van der Waals surface area contributed by atoms with Crippen LogP contribution >= 0.6 is 0 Å². The zero-order valence-electron chi connectivity index (χ0n) is 13.4. The van der Waals surface area contributed by atoms with E-state index in [9.17, 15) is 0 Å². The molecule has 20 heavy (non-hydrogen) atoms. The maximum Gasteiger partial charge on any atom is 0.0412 e. The summed E-state index contributed by atoms with van der Waals surface area (Å²) in [6.45, 7) is 9.02. The van der Waals surface area contributed by atoms with Gasteiger partial charge in [-0.2, -0.15) is 0 Å². The van der Waals surface area contributed by atoms with Gasteiger partial charge in [0.25, 0.3) is 0 Å². The van der Waals surface area contributed by atoms with Gasteiger partial charge in [0.05, 0.1) is 0 Å². The first-order chi connectivity index (χ1) is 9.58. The van der Waals surface area contributed by atoms with Gasteiger partial charge >= 0.3 is 0 Å². The molecule has 0 aliphatic carbocycles. The number of hydrogen-bond acceptors (Lipinski definition) is 3. The molecule has 0 radical (unpaired) electrons. The first-order valence-corrected chi connectivity index (χ1v) is 7.79. The van der Waals surface area contributed by atoms with Crippen LogP contribution in [0.4, 0.5) is 5.69 Å². The first-order valence-electron chi connectivity index (χ1n) is 7.79. The van der Waals surface area contributed by atoms with Crippen molar-refractivity contribution in [2.75, 3.05) is 38.6 Å². The lowest BCUT2D eigenvalue weighted by Crippen LogP contribution is -2.42. The Hall–Kier alpha value is -1.06. The van der Waals surface area contributed by atoms with Crippen LogP contribution in [-0.2, 0) is 6.54 Å². The molecule has 0 saturated carbocycles. The molecule has 1 aliphatic rings. The summed E-state index contributed by atoms with van der Waals surface area (Å²) < 4.78 is 0. The molecule has 3 heteroatoms. The number of nitrogens with zero attached hydrogens (tertiary/aromatic N) is 2. The number of benzene rings is 1. The Bertz CT molecular complexity index is 414. The second kappa shape index (κ2) is 7.09. The fraction of sp³-hybridized carbons (Fsp3) is 0.647. The molecular formula is C17H29N3. The fourth-order valence-electron chi connectivity index (χ4n) is 2.85. The molecule has 1 N–H and O–H groups in total. The maximum atomic E-state index is 3.71. The van der Waals surface area contributed by atoms with E-state index in [-0.39, 0.29) is 0 Å². The molecular weight excluding hydrogens is 246 g/mol. The Labute approximate surface area is 124 Å². The summed E-state index contributed by atoms with van der Waals surface area (Å²) in [6, 6.07) is 9.41. The van der Waals surface area contributed by atoms with Crippen molar-refractivity contribution >= 4 is 5.69 Å². The van der Waals surface area contributed by atoms with Gasteiger partial charge < -0.3 is 15.1 Å². The van der Waals surface area contributed by atoms with Crippen LogP contribution in [0.3, 0.4) is 0 Å². The number of hydrogen-bond donors (Lipinski definition) is 1. The summed E-state index contributed by atoms with van der Waals surface area (Å²) in [5, 5.41) is 3.71. The van der Waals surface area contributed by atoms with E-state index in [4.69, 9.17) is 0 Å². The molecule has 0 aromatic heterocycles. The van der Waals surface area contributed by atoms with Crippen LogP contribution in [0.15, 0.2) is 24.3 Å². The topological polar surface area (TPSA) is 18.5 Å². The molecule has 0 fully saturated rings. The molecule has 0 saturated heterocycles. The van der Waals surface area contributed by atoms with E-state index in [1.165, 1.54) is 17.7 Å². The number of nitrogens with one attached hydrogen (secondary N) is 1. The third kappa shape index (κ3) is 3.97. The Morgan fingerprint density at radius 2 is 2.05 bits per heavy atom. The van der Waals surface area contributed by atoms with Crippen LogP contribution in [-0.4, -0.2) is 44.7 Å². The minimum atomic E-state index is 0.571. The Kier molecular flexibility index (Phi) is 5.44. The molecule has 2 rings (SSSR count). The summed E-state index contributed by atoms with van der Waals surface area (Å²) in [5.41, 5.74) is 2.85. The smallest absolute Gasteiger partial charge is 0.0412 e. The molecule has 112 valence electrons. The second-order valence-corrected chi connectivity index (χ2v) is 6.46. The normalized spacial score (nSPS) is 19.3. The van der Waals surface area contributed by atoms with Gasteiger partial charge in [0.2, 0.25) is 0 Å². The Morgan fingerprint density at radius 1 is 1.30 bits per heavy atom. The lowest BCUT2D eigenvalue weighted by atomic mass is 10.0. The van der Waals surface area contributed by atoms with E-state index >= 15 is 0 Å². The van der Waals surface area contributed by atoms with Crippen molar-refractivity contribution in [3.05, 3.63) is 29.8 Å². The van der Waals surface area contributed by atoms with Crippen molar-refractivity contribution in [1.29, 1.82) is 0 Å². The highest BCUT2D eigenvalue weighted by molar-refractivity contribution is 5.54. The summed E-state index contributed by atoms with van der Waals surface area (Å²) in [7, 11) is 4.30. The van der Waals surface area contributed by atoms with E-state index in [1.807, 2.05) is 0 Å². The molecule has 1 aliphatic heterocycles. The second-order valence-electron chi connectivity index (χ2n) is 6.46. The first kappa shape index (κ1) is 15.3. The number of para-hydroxylation sites is 1. The zero-order chi connectivity index (χ0) is 14.5. The van der Waals surface area contributed by atoms with Crippen LogP contribution in [0.2, 0.25) is 0 Å². The van der Waals surface area contributed by atoms with Gasteiger partial charge in [0.1, 0.15) is 0 Å². The lowest BCUT2D eigenvalue weighted by Gasteiger charge is -2.29. The Morgan fingerprint density at radius 3 is 2.75 bits per heavy atom. The van der Waals surface area contributed by atoms with E-state index < -0.39 is 0 Å². The third-order valence-electron chi connectivity index (χ3n) is 4.14. The van der Waals surface area contributed by atoms with Crippen LogP contribution in [0.1, 0.15) is 25.8 Å². The lowest BCUT2D eigenvalue weighted by molar-refractivity contribution is 0.385. The van der Waals surface area contributed by atoms with Crippen molar-refractivity contribution in [2.45, 2.75) is 32.9 Å². The number of fused-ring (bicyclic) bond motifs is 1. The minimum Gasteiger partial charge on any atom is -0.370 e. The van der Waals surface area contributed by atoms with E-state index in [0.717, 1.165) is 26.2 Å². The van der Waals surface area contributed by atoms with Gasteiger partial charge in [-0.15, -0.1) is 0 Å². The van der Waals surface area contributed by atoms with E-state index in [2.05, 4.69) is 67.3 Å². The van der Waals surface area contributed by atoms with Crippen molar-refractivity contribution in [3.63, 3.8) is 0 Å². The fourth-order valence-corrected chi connectivity index (χ4v) is 2.85. The van der Waals surface area contributed by atoms with Gasteiger partial charge in [-0.1, -0.05) is 32.0 Å². The largest absolute Gasteiger partial charge is 0.370 e. The average molecular weight is 275 g/mol. The summed E-state index contributed by atoms with van der Waals surface area (Å²) in [4.78, 5) is 4.84. The molecule has 0 bridgehead atoms. The van der Waals surface area contributed by atoms with Gasteiger partial charge in [0, 0.05) is 31.4 Å². The highest BCUT2D eigenvalue weighted by atomic mass is 15.2. The standard InChI is InChI=1S/C17H29N3/c1-14(2)16-13-20(11-7-10-19(3)4)17-9-6-5-8-15(17)12-18-16/h5-6,8-9,14,16,18H,7,10-13H2,1-4H3. The molecule has 1 unspecified atom stereocenters. The predicted molar refractivity (Wildman–Crippen MR) is 87.3 cm³/mol. The Balaban J connectivity index is 2.11. The zero-order valence-corrected chi connectivity index (χ0v) is 13.4. The SMILES string of the molecule is CC(C)C1CN(CCCN(C)C)c2ccccc2CN1. The van der Waals surface area contributed by atoms with Crippen molar-refractivity contribution in [3.8, 4) is 0 Å². The quantitative estimate of drug-likeness (QED) is 0.891. The van der Waals surface area contributed by atoms with E-state index in [0.29, 0.717) is 12.0 Å².